The Bertz CT molecular complexity index is 525. The molecule has 7 heteroatoms. The van der Waals surface area contributed by atoms with Crippen LogP contribution >= 0.6 is 24.0 Å². The fourth-order valence-electron chi connectivity index (χ4n) is 1.75. The van der Waals surface area contributed by atoms with Crippen LogP contribution in [0.2, 0.25) is 0 Å². The number of aryl methyl sites for hydroxylation is 1. The first-order valence-electron chi connectivity index (χ1n) is 7.60. The van der Waals surface area contributed by atoms with Gasteiger partial charge in [0.15, 0.2) is 5.96 Å². The van der Waals surface area contributed by atoms with Crippen LogP contribution in [-0.4, -0.2) is 35.5 Å². The second-order valence-corrected chi connectivity index (χ2v) is 6.10. The average Bonchev–Trinajstić information content (AvgIpc) is 2.37. The molecule has 0 aliphatic carbocycles. The SMILES string of the molecule is CCNC(=NCCC(=O)Nc1cccc(C)n1)NC(C)(C)C.I. The van der Waals surface area contributed by atoms with E-state index in [1.807, 2.05) is 26.0 Å². The number of nitrogens with one attached hydrogen (secondary N) is 3. The van der Waals surface area contributed by atoms with Crippen LogP contribution in [0, 0.1) is 6.92 Å². The Hall–Kier alpha value is -1.38. The largest absolute Gasteiger partial charge is 0.357 e. The molecule has 0 aliphatic rings. The highest BCUT2D eigenvalue weighted by Gasteiger charge is 2.11. The number of aromatic nitrogens is 1. The molecule has 0 fully saturated rings. The molecule has 0 aromatic carbocycles. The summed E-state index contributed by atoms with van der Waals surface area (Å²) in [5, 5.41) is 9.22. The Balaban J connectivity index is 0.00000484. The molecule has 3 N–H and O–H groups in total. The van der Waals surface area contributed by atoms with Gasteiger partial charge in [-0.2, -0.15) is 0 Å². The number of rotatable bonds is 5. The number of hydrogen-bond donors (Lipinski definition) is 3. The maximum Gasteiger partial charge on any atom is 0.227 e. The zero-order valence-electron chi connectivity index (χ0n) is 14.6. The normalized spacial score (nSPS) is 11.4. The van der Waals surface area contributed by atoms with Crippen LogP contribution < -0.4 is 16.0 Å². The van der Waals surface area contributed by atoms with E-state index in [0.717, 1.165) is 18.2 Å². The lowest BCUT2D eigenvalue weighted by atomic mass is 10.1. The molecule has 0 atom stereocenters. The fraction of sp³-hybridized carbons (Fsp3) is 0.562. The van der Waals surface area contributed by atoms with E-state index in [2.05, 4.69) is 46.7 Å². The maximum absolute atomic E-state index is 11.9. The van der Waals surface area contributed by atoms with Crippen LogP contribution in [0.15, 0.2) is 23.2 Å². The van der Waals surface area contributed by atoms with Gasteiger partial charge in [0.2, 0.25) is 5.91 Å². The lowest BCUT2D eigenvalue weighted by molar-refractivity contribution is -0.116. The highest BCUT2D eigenvalue weighted by Crippen LogP contribution is 2.04. The standard InChI is InChI=1S/C16H27N5O.HI/c1-6-17-15(21-16(3,4)5)18-11-10-14(22)20-13-9-7-8-12(2)19-13;/h7-9H,6,10-11H2,1-5H3,(H2,17,18,21)(H,19,20,22);1H. The molecule has 0 saturated heterocycles. The number of carbonyl (C=O) groups is 1. The number of hydrogen-bond acceptors (Lipinski definition) is 3. The van der Waals surface area contributed by atoms with E-state index in [4.69, 9.17) is 0 Å². The van der Waals surface area contributed by atoms with Crippen molar-refractivity contribution in [2.75, 3.05) is 18.4 Å². The lowest BCUT2D eigenvalue weighted by Gasteiger charge is -2.23. The number of guanidine groups is 1. The van der Waals surface area contributed by atoms with Crippen LogP contribution in [0.4, 0.5) is 5.82 Å². The molecule has 130 valence electrons. The first-order chi connectivity index (χ1) is 10.3. The number of carbonyl (C=O) groups excluding carboxylic acids is 1. The molecular weight excluding hydrogens is 405 g/mol. The van der Waals surface area contributed by atoms with Gasteiger partial charge in [0.1, 0.15) is 5.82 Å². The van der Waals surface area contributed by atoms with Gasteiger partial charge in [0.25, 0.3) is 0 Å². The summed E-state index contributed by atoms with van der Waals surface area (Å²) in [6, 6.07) is 5.53. The first-order valence-corrected chi connectivity index (χ1v) is 7.60. The number of pyridine rings is 1. The zero-order valence-corrected chi connectivity index (χ0v) is 16.9. The molecule has 1 aromatic rings. The Labute approximate surface area is 156 Å². The summed E-state index contributed by atoms with van der Waals surface area (Å²) < 4.78 is 0. The second kappa shape index (κ2) is 10.4. The monoisotopic (exact) mass is 433 g/mol. The summed E-state index contributed by atoms with van der Waals surface area (Å²) in [6.45, 7) is 11.3. The molecule has 0 unspecified atom stereocenters. The Morgan fingerprint density at radius 3 is 2.57 bits per heavy atom. The summed E-state index contributed by atoms with van der Waals surface area (Å²) >= 11 is 0. The molecule has 1 rings (SSSR count). The van der Waals surface area contributed by atoms with Crippen molar-refractivity contribution < 1.29 is 4.79 Å². The minimum absolute atomic E-state index is 0. The van der Waals surface area contributed by atoms with E-state index in [1.165, 1.54) is 0 Å². The maximum atomic E-state index is 11.9. The first kappa shape index (κ1) is 21.6. The van der Waals surface area contributed by atoms with Crippen LogP contribution in [0.5, 0.6) is 0 Å². The number of aliphatic imine (C=N–C) groups is 1. The molecule has 0 saturated carbocycles. The quantitative estimate of drug-likeness (QED) is 0.379. The minimum Gasteiger partial charge on any atom is -0.357 e. The smallest absolute Gasteiger partial charge is 0.227 e. The lowest BCUT2D eigenvalue weighted by Crippen LogP contribution is -2.47. The summed E-state index contributed by atoms with van der Waals surface area (Å²) in [5.74, 6) is 1.21. The Kier molecular flexibility index (Phi) is 9.78. The molecule has 0 radical (unpaired) electrons. The minimum atomic E-state index is -0.0894. The summed E-state index contributed by atoms with van der Waals surface area (Å²) in [4.78, 5) is 20.5. The summed E-state index contributed by atoms with van der Waals surface area (Å²) in [7, 11) is 0. The summed E-state index contributed by atoms with van der Waals surface area (Å²) in [5.41, 5.74) is 0.800. The molecule has 0 aliphatic heterocycles. The second-order valence-electron chi connectivity index (χ2n) is 6.10. The van der Waals surface area contributed by atoms with E-state index in [0.29, 0.717) is 18.8 Å². The van der Waals surface area contributed by atoms with Gasteiger partial charge in [-0.1, -0.05) is 6.07 Å². The van der Waals surface area contributed by atoms with Gasteiger partial charge in [0.05, 0.1) is 6.54 Å². The third-order valence-corrected chi connectivity index (χ3v) is 2.60. The van der Waals surface area contributed by atoms with Gasteiger partial charge in [-0.25, -0.2) is 4.98 Å². The van der Waals surface area contributed by atoms with Crippen molar-refractivity contribution in [3.8, 4) is 0 Å². The van der Waals surface area contributed by atoms with Crippen molar-refractivity contribution in [2.45, 2.75) is 46.6 Å². The predicted molar refractivity (Wildman–Crippen MR) is 107 cm³/mol. The molecule has 1 amide bonds. The van der Waals surface area contributed by atoms with E-state index in [9.17, 15) is 4.79 Å². The number of anilines is 1. The molecular formula is C16H28IN5O. The van der Waals surface area contributed by atoms with E-state index < -0.39 is 0 Å². The topological polar surface area (TPSA) is 78.4 Å². The third-order valence-electron chi connectivity index (χ3n) is 2.60. The highest BCUT2D eigenvalue weighted by molar-refractivity contribution is 14.0. The highest BCUT2D eigenvalue weighted by atomic mass is 127. The van der Waals surface area contributed by atoms with Gasteiger partial charge in [-0.3, -0.25) is 9.79 Å². The van der Waals surface area contributed by atoms with Crippen LogP contribution in [0.1, 0.15) is 39.8 Å². The zero-order chi connectivity index (χ0) is 16.6. The van der Waals surface area contributed by atoms with Crippen molar-refractivity contribution in [2.24, 2.45) is 4.99 Å². The van der Waals surface area contributed by atoms with Crippen molar-refractivity contribution in [1.29, 1.82) is 0 Å². The molecule has 0 spiro atoms. The van der Waals surface area contributed by atoms with Crippen molar-refractivity contribution in [3.63, 3.8) is 0 Å². The van der Waals surface area contributed by atoms with Crippen molar-refractivity contribution in [1.82, 2.24) is 15.6 Å². The molecule has 23 heavy (non-hydrogen) atoms. The van der Waals surface area contributed by atoms with Gasteiger partial charge in [-0.05, 0) is 46.8 Å². The van der Waals surface area contributed by atoms with E-state index in [1.54, 1.807) is 6.07 Å². The molecule has 1 heterocycles. The Morgan fingerprint density at radius 2 is 2.00 bits per heavy atom. The third kappa shape index (κ3) is 10.1. The van der Waals surface area contributed by atoms with Crippen molar-refractivity contribution in [3.05, 3.63) is 23.9 Å². The van der Waals surface area contributed by atoms with Gasteiger partial charge in [0, 0.05) is 24.2 Å². The number of amides is 1. The Morgan fingerprint density at radius 1 is 1.30 bits per heavy atom. The van der Waals surface area contributed by atoms with E-state index in [-0.39, 0.29) is 35.4 Å². The molecule has 6 nitrogen and oxygen atoms in total. The van der Waals surface area contributed by atoms with Gasteiger partial charge >= 0.3 is 0 Å². The van der Waals surface area contributed by atoms with Crippen LogP contribution in [-0.2, 0) is 4.79 Å². The predicted octanol–water partition coefficient (Wildman–Crippen LogP) is 2.69. The fourth-order valence-corrected chi connectivity index (χ4v) is 1.75. The number of nitrogens with zero attached hydrogens (tertiary/aromatic N) is 2. The van der Waals surface area contributed by atoms with Gasteiger partial charge < -0.3 is 16.0 Å². The van der Waals surface area contributed by atoms with E-state index >= 15 is 0 Å². The van der Waals surface area contributed by atoms with Crippen LogP contribution in [0.25, 0.3) is 0 Å². The number of halogens is 1. The molecule has 1 aromatic heterocycles. The van der Waals surface area contributed by atoms with Crippen molar-refractivity contribution >= 4 is 41.7 Å². The van der Waals surface area contributed by atoms with Gasteiger partial charge in [-0.15, -0.1) is 24.0 Å². The molecule has 0 bridgehead atoms. The van der Waals surface area contributed by atoms with Crippen LogP contribution in [0.3, 0.4) is 0 Å². The summed E-state index contributed by atoms with van der Waals surface area (Å²) in [6.07, 6.45) is 0.316. The average molecular weight is 433 g/mol.